The van der Waals surface area contributed by atoms with Crippen LogP contribution in [0.3, 0.4) is 0 Å². The fourth-order valence-electron chi connectivity index (χ4n) is 6.26. The molecule has 2 bridgehead atoms. The van der Waals surface area contributed by atoms with Crippen molar-refractivity contribution in [2.24, 2.45) is 17.8 Å². The number of fused-ring (bicyclic) bond motifs is 4. The zero-order chi connectivity index (χ0) is 24.4. The van der Waals surface area contributed by atoms with E-state index < -0.39 is 35.4 Å². The van der Waals surface area contributed by atoms with E-state index in [-0.39, 0.29) is 51.3 Å². The lowest BCUT2D eigenvalue weighted by Crippen LogP contribution is -2.51. The summed E-state index contributed by atoms with van der Waals surface area (Å²) < 4.78 is 44.3. The molecule has 4 saturated carbocycles. The number of carboxylic acid groups (broad SMARTS) is 1. The van der Waals surface area contributed by atoms with Crippen LogP contribution in [0.15, 0.2) is 18.3 Å². The molecule has 9 heteroatoms. The molecule has 35 heavy (non-hydrogen) atoms. The Morgan fingerprint density at radius 2 is 1.83 bits per heavy atom. The Labute approximate surface area is 199 Å². The molecule has 2 heterocycles. The molecule has 6 nitrogen and oxygen atoms in total. The fourth-order valence-corrected chi connectivity index (χ4v) is 6.26. The number of carbonyl (C=O) groups is 1. The molecule has 3 aromatic rings. The van der Waals surface area contributed by atoms with Crippen LogP contribution in [0.5, 0.6) is 0 Å². The second-order valence-electron chi connectivity index (χ2n) is 10.0. The van der Waals surface area contributed by atoms with E-state index in [0.29, 0.717) is 5.56 Å². The van der Waals surface area contributed by atoms with Crippen molar-refractivity contribution in [3.8, 4) is 17.3 Å². The number of halogens is 3. The lowest BCUT2D eigenvalue weighted by atomic mass is 9.61. The van der Waals surface area contributed by atoms with Gasteiger partial charge in [0.2, 0.25) is 0 Å². The van der Waals surface area contributed by atoms with Gasteiger partial charge in [-0.2, -0.15) is 5.26 Å². The molecule has 7 rings (SSSR count). The first kappa shape index (κ1) is 22.0. The van der Waals surface area contributed by atoms with Crippen molar-refractivity contribution in [3.63, 3.8) is 0 Å². The van der Waals surface area contributed by atoms with Gasteiger partial charge in [-0.25, -0.2) is 18.2 Å². The van der Waals surface area contributed by atoms with Gasteiger partial charge in [-0.05, 0) is 62.3 Å². The summed E-state index contributed by atoms with van der Waals surface area (Å²) in [6, 6.07) is 3.50. The van der Waals surface area contributed by atoms with Crippen LogP contribution in [0.2, 0.25) is 0 Å². The number of aromatic amines is 1. The highest BCUT2D eigenvalue weighted by Gasteiger charge is 2.48. The van der Waals surface area contributed by atoms with Gasteiger partial charge in [0, 0.05) is 34.8 Å². The number of aromatic nitrogens is 2. The number of H-pyrrole nitrogens is 1. The van der Waals surface area contributed by atoms with E-state index in [1.54, 1.807) is 0 Å². The van der Waals surface area contributed by atoms with E-state index in [1.807, 2.05) is 0 Å². The van der Waals surface area contributed by atoms with Gasteiger partial charge in [-0.15, -0.1) is 0 Å². The highest BCUT2D eigenvalue weighted by molar-refractivity contribution is 5.96. The van der Waals surface area contributed by atoms with E-state index >= 15 is 4.39 Å². The zero-order valence-electron chi connectivity index (χ0n) is 18.7. The fraction of sp³-hybridized carbons (Fsp3) is 0.423. The lowest BCUT2D eigenvalue weighted by molar-refractivity contribution is -0.148. The third-order valence-corrected chi connectivity index (χ3v) is 8.04. The van der Waals surface area contributed by atoms with E-state index in [0.717, 1.165) is 50.7 Å². The van der Waals surface area contributed by atoms with Gasteiger partial charge < -0.3 is 15.4 Å². The van der Waals surface area contributed by atoms with Crippen LogP contribution in [0.25, 0.3) is 22.2 Å². The summed E-state index contributed by atoms with van der Waals surface area (Å²) in [6.07, 6.45) is 6.30. The second kappa shape index (κ2) is 8.01. The number of pyridine rings is 1. The number of hydrogen-bond acceptors (Lipinski definition) is 4. The number of aliphatic carboxylic acids is 1. The topological polar surface area (TPSA) is 102 Å². The summed E-state index contributed by atoms with van der Waals surface area (Å²) in [4.78, 5) is 19.4. The first-order valence-electron chi connectivity index (χ1n) is 12.0. The maximum atomic E-state index is 15.8. The van der Waals surface area contributed by atoms with Crippen molar-refractivity contribution in [2.45, 2.75) is 50.5 Å². The summed E-state index contributed by atoms with van der Waals surface area (Å²) in [5, 5.41) is 23.2. The Kier molecular flexibility index (Phi) is 5.02. The maximum Gasteiger partial charge on any atom is 0.308 e. The quantitative estimate of drug-likeness (QED) is 0.435. The van der Waals surface area contributed by atoms with Gasteiger partial charge in [0.15, 0.2) is 11.6 Å². The third kappa shape index (κ3) is 3.46. The molecule has 0 unspecified atom stereocenters. The van der Waals surface area contributed by atoms with Crippen LogP contribution in [0.4, 0.5) is 19.0 Å². The molecule has 2 aromatic heterocycles. The number of hydrogen-bond donors (Lipinski definition) is 3. The number of carboxylic acids is 1. The van der Waals surface area contributed by atoms with Gasteiger partial charge in [-0.3, -0.25) is 4.79 Å². The van der Waals surface area contributed by atoms with Crippen molar-refractivity contribution in [1.29, 1.82) is 5.26 Å². The zero-order valence-corrected chi connectivity index (χ0v) is 18.7. The van der Waals surface area contributed by atoms with Gasteiger partial charge in [0.1, 0.15) is 17.7 Å². The summed E-state index contributed by atoms with van der Waals surface area (Å²) in [5.41, 5.74) is 0.761. The van der Waals surface area contributed by atoms with Crippen LogP contribution in [-0.4, -0.2) is 27.1 Å². The Morgan fingerprint density at radius 1 is 1.11 bits per heavy atom. The van der Waals surface area contributed by atoms with Crippen LogP contribution in [-0.2, 0) is 4.79 Å². The molecule has 180 valence electrons. The Morgan fingerprint density at radius 3 is 2.49 bits per heavy atom. The molecule has 0 radical (unpaired) electrons. The monoisotopic (exact) mass is 480 g/mol. The molecule has 0 saturated heterocycles. The van der Waals surface area contributed by atoms with Crippen molar-refractivity contribution in [3.05, 3.63) is 46.9 Å². The van der Waals surface area contributed by atoms with E-state index in [1.165, 1.54) is 6.20 Å². The number of anilines is 1. The van der Waals surface area contributed by atoms with Crippen LogP contribution in [0.1, 0.15) is 55.6 Å². The number of nitrogens with one attached hydrogen (secondary N) is 2. The Balaban J connectivity index is 1.52. The molecule has 0 spiro atoms. The predicted octanol–water partition coefficient (Wildman–Crippen LogP) is 5.70. The Hall–Kier alpha value is -3.54. The molecule has 1 aromatic carbocycles. The SMILES string of the molecule is N#Cc1c(-c2c[nH]c3c(F)cc(F)cc23)nc(N[C@@H]2C3CCC(CC3)[C@H]2C(=O)O)c(F)c1C1CC1. The van der Waals surface area contributed by atoms with Gasteiger partial charge in [-0.1, -0.05) is 0 Å². The molecule has 0 aliphatic heterocycles. The van der Waals surface area contributed by atoms with Crippen LogP contribution < -0.4 is 5.32 Å². The number of rotatable bonds is 5. The third-order valence-electron chi connectivity index (χ3n) is 8.04. The standard InChI is InChI=1S/C26H23F3N4O2/c27-14-7-15-17(10-31-24(15)18(28)8-14)23-16(9-30)19(11-1-2-11)21(29)25(33-23)32-22-13-5-3-12(4-6-13)20(22)26(34)35/h7-8,10-13,20,22,31H,1-6H2,(H,32,33)(H,34,35)/t12?,13?,20-,22-/m1/s1. The average molecular weight is 480 g/mol. The summed E-state index contributed by atoms with van der Waals surface area (Å²) in [7, 11) is 0. The minimum atomic E-state index is -0.906. The highest BCUT2D eigenvalue weighted by atomic mass is 19.1. The van der Waals surface area contributed by atoms with Gasteiger partial charge in [0.05, 0.1) is 22.7 Å². The smallest absolute Gasteiger partial charge is 0.308 e. The predicted molar refractivity (Wildman–Crippen MR) is 122 cm³/mol. The largest absolute Gasteiger partial charge is 0.481 e. The van der Waals surface area contributed by atoms with Crippen molar-refractivity contribution >= 4 is 22.7 Å². The van der Waals surface area contributed by atoms with E-state index in [2.05, 4.69) is 21.4 Å². The lowest BCUT2D eigenvalue weighted by Gasteiger charge is -2.47. The molecule has 4 aliphatic carbocycles. The van der Waals surface area contributed by atoms with Crippen molar-refractivity contribution in [1.82, 2.24) is 9.97 Å². The number of nitriles is 1. The number of benzene rings is 1. The van der Waals surface area contributed by atoms with Gasteiger partial charge in [0.25, 0.3) is 0 Å². The molecule has 4 aliphatic rings. The average Bonchev–Trinajstić information content (AvgIpc) is 3.59. The van der Waals surface area contributed by atoms with Crippen molar-refractivity contribution < 1.29 is 23.1 Å². The molecule has 3 N–H and O–H groups in total. The molecular weight excluding hydrogens is 457 g/mol. The van der Waals surface area contributed by atoms with Crippen molar-refractivity contribution in [2.75, 3.05) is 5.32 Å². The molecule has 2 atom stereocenters. The summed E-state index contributed by atoms with van der Waals surface area (Å²) in [6.45, 7) is 0. The minimum absolute atomic E-state index is 0.0263. The first-order valence-corrected chi connectivity index (χ1v) is 12.0. The normalized spacial score (nSPS) is 25.5. The maximum absolute atomic E-state index is 15.8. The number of nitrogens with zero attached hydrogens (tertiary/aromatic N) is 2. The molecule has 4 fully saturated rings. The molecule has 0 amide bonds. The first-order chi connectivity index (χ1) is 16.9. The van der Waals surface area contributed by atoms with E-state index in [9.17, 15) is 23.9 Å². The minimum Gasteiger partial charge on any atom is -0.481 e. The van der Waals surface area contributed by atoms with Gasteiger partial charge >= 0.3 is 5.97 Å². The highest BCUT2D eigenvalue weighted by Crippen LogP contribution is 2.49. The second-order valence-corrected chi connectivity index (χ2v) is 10.0. The van der Waals surface area contributed by atoms with Crippen LogP contribution in [0, 0.1) is 46.5 Å². The summed E-state index contributed by atoms with van der Waals surface area (Å²) >= 11 is 0. The van der Waals surface area contributed by atoms with Crippen LogP contribution >= 0.6 is 0 Å². The Bertz CT molecular complexity index is 1400. The molecular formula is C26H23F3N4O2. The van der Waals surface area contributed by atoms with E-state index in [4.69, 9.17) is 0 Å². The summed E-state index contributed by atoms with van der Waals surface area (Å²) in [5.74, 6) is -3.90.